The van der Waals surface area contributed by atoms with Crippen LogP contribution >= 0.6 is 0 Å². The van der Waals surface area contributed by atoms with E-state index in [0.717, 1.165) is 22.7 Å². The number of carbonyl (C=O) groups is 2. The van der Waals surface area contributed by atoms with Gasteiger partial charge in [0.2, 0.25) is 0 Å². The van der Waals surface area contributed by atoms with Crippen LogP contribution in [0.15, 0.2) is 36.4 Å². The number of nitrogens with one attached hydrogen (secondary N) is 1. The van der Waals surface area contributed by atoms with Gasteiger partial charge in [0.15, 0.2) is 0 Å². The fourth-order valence-electron chi connectivity index (χ4n) is 2.14. The third-order valence-electron chi connectivity index (χ3n) is 3.53. The second-order valence-electron chi connectivity index (χ2n) is 5.46. The van der Waals surface area contributed by atoms with Crippen LogP contribution < -0.4 is 14.8 Å². The minimum Gasteiger partial charge on any atom is -0.497 e. The summed E-state index contributed by atoms with van der Waals surface area (Å²) in [5.74, 6) is -1.95. The van der Waals surface area contributed by atoms with Crippen molar-refractivity contribution in [3.63, 3.8) is 0 Å². The topological polar surface area (TPSA) is 105 Å². The van der Waals surface area contributed by atoms with Crippen LogP contribution in [-0.4, -0.2) is 36.4 Å². The minimum atomic E-state index is -1.82. The first-order valence-electron chi connectivity index (χ1n) is 7.76. The van der Waals surface area contributed by atoms with Gasteiger partial charge in [-0.25, -0.2) is 9.59 Å². The number of anilines is 1. The Hall–Kier alpha value is -3.22. The van der Waals surface area contributed by atoms with Crippen molar-refractivity contribution >= 4 is 17.6 Å². The first-order valence-corrected chi connectivity index (χ1v) is 7.76. The van der Waals surface area contributed by atoms with E-state index >= 15 is 0 Å². The zero-order chi connectivity index (χ0) is 19.7. The molecule has 0 radical (unpaired) electrons. The molecule has 0 amide bonds. The molecule has 7 heteroatoms. The van der Waals surface area contributed by atoms with Gasteiger partial charge in [0.1, 0.15) is 11.5 Å². The number of aryl methyl sites for hydroxylation is 2. The van der Waals surface area contributed by atoms with Crippen LogP contribution in [0.2, 0.25) is 0 Å². The molecule has 0 heterocycles. The molecule has 0 spiro atoms. The van der Waals surface area contributed by atoms with Crippen molar-refractivity contribution in [3.05, 3.63) is 53.1 Å². The van der Waals surface area contributed by atoms with Gasteiger partial charge in [-0.1, -0.05) is 12.1 Å². The Morgan fingerprint density at radius 1 is 0.962 bits per heavy atom. The molecule has 0 saturated heterocycles. The molecule has 0 aromatic heterocycles. The molecule has 0 aliphatic carbocycles. The monoisotopic (exact) mass is 361 g/mol. The van der Waals surface area contributed by atoms with E-state index in [2.05, 4.69) is 37.4 Å². The largest absolute Gasteiger partial charge is 0.497 e. The Balaban J connectivity index is 0.000000487. The van der Waals surface area contributed by atoms with Crippen molar-refractivity contribution in [3.8, 4) is 11.5 Å². The van der Waals surface area contributed by atoms with Gasteiger partial charge in [-0.05, 0) is 49.2 Å². The predicted molar refractivity (Wildman–Crippen MR) is 98.1 cm³/mol. The number of methoxy groups -OCH3 is 2. The lowest BCUT2D eigenvalue weighted by Gasteiger charge is -2.14. The molecule has 2 aromatic carbocycles. The summed E-state index contributed by atoms with van der Waals surface area (Å²) >= 11 is 0. The van der Waals surface area contributed by atoms with E-state index in [1.54, 1.807) is 14.2 Å². The zero-order valence-corrected chi connectivity index (χ0v) is 15.2. The van der Waals surface area contributed by atoms with Gasteiger partial charge < -0.3 is 25.0 Å². The van der Waals surface area contributed by atoms with Gasteiger partial charge in [-0.2, -0.15) is 0 Å². The van der Waals surface area contributed by atoms with Crippen LogP contribution in [-0.2, 0) is 16.1 Å². The van der Waals surface area contributed by atoms with Gasteiger partial charge >= 0.3 is 11.9 Å². The van der Waals surface area contributed by atoms with Crippen LogP contribution in [0.25, 0.3) is 0 Å². The second-order valence-corrected chi connectivity index (χ2v) is 5.46. The summed E-state index contributed by atoms with van der Waals surface area (Å²) < 4.78 is 10.7. The van der Waals surface area contributed by atoms with E-state index in [1.807, 2.05) is 18.2 Å². The molecule has 140 valence electrons. The van der Waals surface area contributed by atoms with E-state index in [1.165, 1.54) is 11.1 Å². The second kappa shape index (κ2) is 9.93. The van der Waals surface area contributed by atoms with Gasteiger partial charge in [0, 0.05) is 17.8 Å². The van der Waals surface area contributed by atoms with Gasteiger partial charge in [0.25, 0.3) is 0 Å². The van der Waals surface area contributed by atoms with Crippen molar-refractivity contribution in [1.29, 1.82) is 0 Å². The molecule has 26 heavy (non-hydrogen) atoms. The maximum atomic E-state index is 9.10. The first-order chi connectivity index (χ1) is 12.3. The molecular weight excluding hydrogens is 338 g/mol. The van der Waals surface area contributed by atoms with Crippen LogP contribution in [0.4, 0.5) is 5.69 Å². The fraction of sp³-hybridized carbons (Fsp3) is 0.263. The summed E-state index contributed by atoms with van der Waals surface area (Å²) in [7, 11) is 3.35. The fourth-order valence-corrected chi connectivity index (χ4v) is 2.14. The zero-order valence-electron chi connectivity index (χ0n) is 15.2. The van der Waals surface area contributed by atoms with E-state index in [-0.39, 0.29) is 0 Å². The van der Waals surface area contributed by atoms with Crippen molar-refractivity contribution in [2.45, 2.75) is 20.4 Å². The Morgan fingerprint density at radius 3 is 2.15 bits per heavy atom. The summed E-state index contributed by atoms with van der Waals surface area (Å²) in [6.45, 7) is 4.89. The van der Waals surface area contributed by atoms with Crippen LogP contribution in [0.1, 0.15) is 16.7 Å². The molecule has 2 aromatic rings. The molecule has 0 saturated carbocycles. The highest BCUT2D eigenvalue weighted by Crippen LogP contribution is 2.25. The highest BCUT2D eigenvalue weighted by molar-refractivity contribution is 6.27. The number of aliphatic carboxylic acids is 2. The smallest absolute Gasteiger partial charge is 0.414 e. The maximum Gasteiger partial charge on any atom is 0.414 e. The summed E-state index contributed by atoms with van der Waals surface area (Å²) in [6, 6.07) is 12.2. The number of carboxylic acid groups (broad SMARTS) is 2. The van der Waals surface area contributed by atoms with Crippen molar-refractivity contribution in [1.82, 2.24) is 0 Å². The summed E-state index contributed by atoms with van der Waals surface area (Å²) in [6.07, 6.45) is 0. The van der Waals surface area contributed by atoms with Gasteiger partial charge in [-0.15, -0.1) is 0 Å². The van der Waals surface area contributed by atoms with Crippen LogP contribution in [0, 0.1) is 13.8 Å². The molecular formula is C19H23NO6. The van der Waals surface area contributed by atoms with Crippen LogP contribution in [0.3, 0.4) is 0 Å². The molecule has 0 aliphatic heterocycles. The number of ether oxygens (including phenoxy) is 2. The number of hydrogen-bond donors (Lipinski definition) is 3. The van der Waals surface area contributed by atoms with E-state index in [0.29, 0.717) is 6.54 Å². The molecule has 2 rings (SSSR count). The molecule has 7 nitrogen and oxygen atoms in total. The van der Waals surface area contributed by atoms with Crippen molar-refractivity contribution in [2.75, 3.05) is 19.5 Å². The Kier molecular flexibility index (Phi) is 7.95. The van der Waals surface area contributed by atoms with Gasteiger partial charge in [0.05, 0.1) is 14.2 Å². The molecule has 3 N–H and O–H groups in total. The highest BCUT2D eigenvalue weighted by Gasteiger charge is 2.06. The number of hydrogen-bond acceptors (Lipinski definition) is 5. The van der Waals surface area contributed by atoms with E-state index in [9.17, 15) is 0 Å². The predicted octanol–water partition coefficient (Wildman–Crippen LogP) is 3.09. The van der Waals surface area contributed by atoms with Crippen molar-refractivity contribution < 1.29 is 29.3 Å². The summed E-state index contributed by atoms with van der Waals surface area (Å²) in [5.41, 5.74) is 4.70. The Bertz CT molecular complexity index is 761. The Labute approximate surface area is 152 Å². The summed E-state index contributed by atoms with van der Waals surface area (Å²) in [5, 5.41) is 18.2. The lowest BCUT2D eigenvalue weighted by molar-refractivity contribution is -0.159. The van der Waals surface area contributed by atoms with Gasteiger partial charge in [-0.3, -0.25) is 0 Å². The van der Waals surface area contributed by atoms with Crippen molar-refractivity contribution in [2.24, 2.45) is 0 Å². The molecule has 0 unspecified atom stereocenters. The number of benzene rings is 2. The first kappa shape index (κ1) is 20.8. The third kappa shape index (κ3) is 6.35. The standard InChI is InChI=1S/C17H21NO2.C2H2O4/c1-12-5-6-13(2)16(9-12)18-11-14-10-15(19-3)7-8-17(14)20-4;3-1(4)2(5)6/h5-10,18H,11H2,1-4H3;(H,3,4)(H,5,6). The number of carboxylic acids is 2. The average Bonchev–Trinajstić information content (AvgIpc) is 2.62. The van der Waals surface area contributed by atoms with E-state index < -0.39 is 11.9 Å². The average molecular weight is 361 g/mol. The quantitative estimate of drug-likeness (QED) is 0.703. The molecule has 0 atom stereocenters. The SMILES string of the molecule is COc1ccc(OC)c(CNc2cc(C)ccc2C)c1.O=C(O)C(=O)O. The molecule has 0 bridgehead atoms. The highest BCUT2D eigenvalue weighted by atomic mass is 16.5. The lowest BCUT2D eigenvalue weighted by atomic mass is 10.1. The molecule has 0 fully saturated rings. The lowest BCUT2D eigenvalue weighted by Crippen LogP contribution is -2.09. The summed E-state index contributed by atoms with van der Waals surface area (Å²) in [4.78, 5) is 18.2. The van der Waals surface area contributed by atoms with Crippen LogP contribution in [0.5, 0.6) is 11.5 Å². The normalized spacial score (nSPS) is 9.54. The number of rotatable bonds is 5. The maximum absolute atomic E-state index is 9.10. The Morgan fingerprint density at radius 2 is 1.62 bits per heavy atom. The van der Waals surface area contributed by atoms with E-state index in [4.69, 9.17) is 29.3 Å². The third-order valence-corrected chi connectivity index (χ3v) is 3.53. The molecule has 0 aliphatic rings. The minimum absolute atomic E-state index is 0.699.